The molecule has 0 radical (unpaired) electrons. The third-order valence-corrected chi connectivity index (χ3v) is 5.94. The topological polar surface area (TPSA) is 15.3 Å². The molecule has 1 aromatic carbocycles. The van der Waals surface area contributed by atoms with Crippen LogP contribution < -0.4 is 5.32 Å². The molecule has 116 valence electrons. The second kappa shape index (κ2) is 5.42. The monoisotopic (exact) mass is 326 g/mol. The number of piperazine rings is 1. The van der Waals surface area contributed by atoms with E-state index in [9.17, 15) is 0 Å². The number of hydrogen-bond acceptors (Lipinski definition) is 2. The van der Waals surface area contributed by atoms with Crippen LogP contribution in [0.5, 0.6) is 0 Å². The second-order valence-corrected chi connectivity index (χ2v) is 8.22. The van der Waals surface area contributed by atoms with E-state index in [0.29, 0.717) is 10.0 Å². The fourth-order valence-corrected chi connectivity index (χ4v) is 3.84. The van der Waals surface area contributed by atoms with E-state index in [0.717, 1.165) is 31.1 Å². The van der Waals surface area contributed by atoms with Crippen LogP contribution >= 0.6 is 23.2 Å². The summed E-state index contributed by atoms with van der Waals surface area (Å²) in [4.78, 5) is 2.61. The highest BCUT2D eigenvalue weighted by Crippen LogP contribution is 2.45. The molecular formula is C17H24Cl2N2. The molecule has 1 aliphatic carbocycles. The Bertz CT molecular complexity index is 540. The van der Waals surface area contributed by atoms with Gasteiger partial charge >= 0.3 is 0 Å². The smallest absolute Gasteiger partial charge is 0.0637 e. The molecule has 1 aromatic rings. The van der Waals surface area contributed by atoms with Crippen LogP contribution in [0.3, 0.4) is 0 Å². The maximum Gasteiger partial charge on any atom is 0.0637 e. The molecule has 1 aliphatic heterocycles. The van der Waals surface area contributed by atoms with Crippen LogP contribution in [0.1, 0.15) is 39.2 Å². The van der Waals surface area contributed by atoms with Gasteiger partial charge in [0, 0.05) is 30.7 Å². The Morgan fingerprint density at radius 1 is 1.24 bits per heavy atom. The van der Waals surface area contributed by atoms with Crippen LogP contribution in [0.15, 0.2) is 18.2 Å². The van der Waals surface area contributed by atoms with E-state index in [1.54, 1.807) is 0 Å². The van der Waals surface area contributed by atoms with Crippen molar-refractivity contribution in [1.29, 1.82) is 0 Å². The molecule has 1 unspecified atom stereocenters. The number of hydrogen-bond donors (Lipinski definition) is 1. The molecule has 2 fully saturated rings. The first-order chi connectivity index (χ1) is 9.82. The van der Waals surface area contributed by atoms with Crippen molar-refractivity contribution in [1.82, 2.24) is 10.2 Å². The molecule has 1 saturated heterocycles. The Balaban J connectivity index is 1.87. The predicted octanol–water partition coefficient (Wildman–Crippen LogP) is 4.35. The van der Waals surface area contributed by atoms with Gasteiger partial charge in [0.1, 0.15) is 0 Å². The zero-order valence-corrected chi connectivity index (χ0v) is 14.6. The van der Waals surface area contributed by atoms with Crippen molar-refractivity contribution in [3.8, 4) is 0 Å². The lowest BCUT2D eigenvalue weighted by molar-refractivity contribution is 0.00523. The van der Waals surface area contributed by atoms with Crippen LogP contribution in [0.25, 0.3) is 0 Å². The third kappa shape index (κ3) is 3.10. The van der Waals surface area contributed by atoms with Gasteiger partial charge in [-0.25, -0.2) is 0 Å². The molecule has 0 bridgehead atoms. The van der Waals surface area contributed by atoms with E-state index in [1.807, 2.05) is 12.1 Å². The minimum absolute atomic E-state index is 0.138. The Morgan fingerprint density at radius 3 is 2.62 bits per heavy atom. The molecule has 3 rings (SSSR count). The summed E-state index contributed by atoms with van der Waals surface area (Å²) < 4.78 is 0. The zero-order valence-electron chi connectivity index (χ0n) is 13.0. The van der Waals surface area contributed by atoms with Gasteiger partial charge in [-0.2, -0.15) is 0 Å². The Kier molecular flexibility index (Phi) is 4.03. The van der Waals surface area contributed by atoms with E-state index in [-0.39, 0.29) is 11.1 Å². The average molecular weight is 327 g/mol. The fraction of sp³-hybridized carbons (Fsp3) is 0.647. The lowest BCUT2D eigenvalue weighted by atomic mass is 9.85. The van der Waals surface area contributed by atoms with Crippen LogP contribution in [0.2, 0.25) is 10.0 Å². The maximum absolute atomic E-state index is 6.40. The molecule has 0 aromatic heterocycles. The molecule has 1 saturated carbocycles. The third-order valence-electron chi connectivity index (χ3n) is 5.08. The number of rotatable bonds is 3. The number of nitrogens with zero attached hydrogens (tertiary/aromatic N) is 1. The molecule has 0 amide bonds. The maximum atomic E-state index is 6.40. The summed E-state index contributed by atoms with van der Waals surface area (Å²) in [7, 11) is 0. The van der Waals surface area contributed by atoms with Crippen LogP contribution in [0, 0.1) is 5.92 Å². The molecule has 1 N–H and O–H groups in total. The Labute approximate surface area is 137 Å². The molecule has 2 nitrogen and oxygen atoms in total. The van der Waals surface area contributed by atoms with Gasteiger partial charge in [-0.3, -0.25) is 4.90 Å². The largest absolute Gasteiger partial charge is 0.309 e. The van der Waals surface area contributed by atoms with Crippen molar-refractivity contribution in [3.63, 3.8) is 0 Å². The summed E-state index contributed by atoms with van der Waals surface area (Å²) in [5.41, 5.74) is 1.49. The summed E-state index contributed by atoms with van der Waals surface area (Å²) in [6.07, 6.45) is 2.69. The fourth-order valence-electron chi connectivity index (χ4n) is 3.46. The molecule has 1 heterocycles. The minimum atomic E-state index is 0.138. The summed E-state index contributed by atoms with van der Waals surface area (Å²) in [6.45, 7) is 9.88. The number of benzene rings is 1. The minimum Gasteiger partial charge on any atom is -0.309 e. The first-order valence-electron chi connectivity index (χ1n) is 7.75. The van der Waals surface area contributed by atoms with Gasteiger partial charge < -0.3 is 5.32 Å². The van der Waals surface area contributed by atoms with E-state index >= 15 is 0 Å². The highest BCUT2D eigenvalue weighted by Gasteiger charge is 2.49. The normalized spacial score (nSPS) is 29.6. The van der Waals surface area contributed by atoms with Crippen LogP contribution in [-0.4, -0.2) is 29.1 Å². The highest BCUT2D eigenvalue weighted by molar-refractivity contribution is 6.42. The Hall–Kier alpha value is -0.280. The predicted molar refractivity (Wildman–Crippen MR) is 90.1 cm³/mol. The zero-order chi connectivity index (χ0) is 15.3. The summed E-state index contributed by atoms with van der Waals surface area (Å²) in [5, 5.41) is 5.06. The van der Waals surface area contributed by atoms with Gasteiger partial charge in [-0.1, -0.05) is 35.3 Å². The highest BCUT2D eigenvalue weighted by atomic mass is 35.5. The summed E-state index contributed by atoms with van der Waals surface area (Å²) >= 11 is 12.6. The van der Waals surface area contributed by atoms with E-state index in [4.69, 9.17) is 23.2 Å². The Morgan fingerprint density at radius 2 is 1.95 bits per heavy atom. The van der Waals surface area contributed by atoms with Crippen molar-refractivity contribution < 1.29 is 0 Å². The molecular weight excluding hydrogens is 303 g/mol. The first kappa shape index (κ1) is 15.6. The van der Waals surface area contributed by atoms with Crippen molar-refractivity contribution in [2.45, 2.75) is 51.2 Å². The lowest BCUT2D eigenvalue weighted by Crippen LogP contribution is -2.67. The van der Waals surface area contributed by atoms with Crippen molar-refractivity contribution in [2.75, 3.05) is 13.1 Å². The average Bonchev–Trinajstić information content (AvgIpc) is 3.24. The quantitative estimate of drug-likeness (QED) is 0.888. The van der Waals surface area contributed by atoms with Gasteiger partial charge in [-0.15, -0.1) is 0 Å². The summed E-state index contributed by atoms with van der Waals surface area (Å²) in [6, 6.07) is 5.94. The SMILES string of the molecule is CC1(C)CN(Cc2cccc(Cl)c2Cl)C(C)(C2CC2)CN1. The van der Waals surface area contributed by atoms with E-state index in [1.165, 1.54) is 12.8 Å². The first-order valence-corrected chi connectivity index (χ1v) is 8.50. The standard InChI is InChI=1S/C17H24Cl2N2/c1-16(2)11-21(17(3,10-20-16)13-7-8-13)9-12-5-4-6-14(18)15(12)19/h4-6,13,20H,7-11H2,1-3H3. The van der Waals surface area contributed by atoms with Gasteiger partial charge in [0.15, 0.2) is 0 Å². The van der Waals surface area contributed by atoms with Gasteiger partial charge in [0.2, 0.25) is 0 Å². The van der Waals surface area contributed by atoms with E-state index < -0.39 is 0 Å². The van der Waals surface area contributed by atoms with Gasteiger partial charge in [0.05, 0.1) is 10.0 Å². The van der Waals surface area contributed by atoms with Crippen LogP contribution in [0.4, 0.5) is 0 Å². The molecule has 2 aliphatic rings. The van der Waals surface area contributed by atoms with Crippen LogP contribution in [-0.2, 0) is 6.54 Å². The van der Waals surface area contributed by atoms with Gasteiger partial charge in [0.25, 0.3) is 0 Å². The number of halogens is 2. The van der Waals surface area contributed by atoms with Crippen molar-refractivity contribution in [2.24, 2.45) is 5.92 Å². The van der Waals surface area contributed by atoms with E-state index in [2.05, 4.69) is 37.1 Å². The summed E-state index contributed by atoms with van der Waals surface area (Å²) in [5.74, 6) is 0.805. The molecule has 4 heteroatoms. The number of nitrogens with one attached hydrogen (secondary N) is 1. The molecule has 1 atom stereocenters. The molecule has 21 heavy (non-hydrogen) atoms. The lowest BCUT2D eigenvalue weighted by Gasteiger charge is -2.52. The van der Waals surface area contributed by atoms with Crippen molar-refractivity contribution >= 4 is 23.2 Å². The van der Waals surface area contributed by atoms with Crippen molar-refractivity contribution in [3.05, 3.63) is 33.8 Å². The molecule has 0 spiro atoms. The second-order valence-electron chi connectivity index (χ2n) is 7.44. The van der Waals surface area contributed by atoms with Gasteiger partial charge in [-0.05, 0) is 51.2 Å².